The molecule has 0 N–H and O–H groups in total. The van der Waals surface area contributed by atoms with E-state index in [4.69, 9.17) is 0 Å². The average molecular weight is 249 g/mol. The van der Waals surface area contributed by atoms with Crippen LogP contribution in [-0.2, 0) is 0 Å². The Morgan fingerprint density at radius 3 is 2.26 bits per heavy atom. The number of nitro benzene ring substituents is 1. The summed E-state index contributed by atoms with van der Waals surface area (Å²) >= 11 is 0. The Morgan fingerprint density at radius 2 is 1.47 bits per heavy atom. The van der Waals surface area contributed by atoms with Crippen molar-refractivity contribution in [1.29, 1.82) is 0 Å². The normalized spacial score (nSPS) is 10.5. The number of rotatable bonds is 2. The SMILES string of the molecule is O=[N+]([O-])c1ccccc1-c1ccc2ccccc2c1. The van der Waals surface area contributed by atoms with Crippen LogP contribution in [0.25, 0.3) is 21.9 Å². The van der Waals surface area contributed by atoms with Crippen molar-refractivity contribution >= 4 is 16.5 Å². The van der Waals surface area contributed by atoms with E-state index in [0.717, 1.165) is 16.3 Å². The number of nitro groups is 1. The summed E-state index contributed by atoms with van der Waals surface area (Å²) < 4.78 is 0. The predicted octanol–water partition coefficient (Wildman–Crippen LogP) is 4.42. The predicted molar refractivity (Wildman–Crippen MR) is 76.0 cm³/mol. The fourth-order valence-electron chi connectivity index (χ4n) is 2.23. The van der Waals surface area contributed by atoms with Gasteiger partial charge in [-0.25, -0.2) is 0 Å². The molecule has 0 aliphatic carbocycles. The van der Waals surface area contributed by atoms with Crippen LogP contribution >= 0.6 is 0 Å². The third-order valence-electron chi connectivity index (χ3n) is 3.16. The Labute approximate surface area is 110 Å². The van der Waals surface area contributed by atoms with Gasteiger partial charge < -0.3 is 0 Å². The smallest absolute Gasteiger partial charge is 0.258 e. The van der Waals surface area contributed by atoms with Crippen molar-refractivity contribution in [2.45, 2.75) is 0 Å². The molecule has 0 spiro atoms. The molecule has 0 unspecified atom stereocenters. The quantitative estimate of drug-likeness (QED) is 0.498. The van der Waals surface area contributed by atoms with Crippen molar-refractivity contribution in [3.63, 3.8) is 0 Å². The minimum absolute atomic E-state index is 0.137. The Bertz CT molecular complexity index is 765. The van der Waals surface area contributed by atoms with Crippen LogP contribution in [0.4, 0.5) is 5.69 Å². The van der Waals surface area contributed by atoms with Crippen molar-refractivity contribution in [2.24, 2.45) is 0 Å². The molecule has 0 radical (unpaired) electrons. The van der Waals surface area contributed by atoms with E-state index in [-0.39, 0.29) is 10.6 Å². The maximum Gasteiger partial charge on any atom is 0.277 e. The van der Waals surface area contributed by atoms with Crippen LogP contribution in [0.2, 0.25) is 0 Å². The fraction of sp³-hybridized carbons (Fsp3) is 0. The van der Waals surface area contributed by atoms with Gasteiger partial charge in [0.05, 0.1) is 10.5 Å². The second-order valence-corrected chi connectivity index (χ2v) is 4.34. The molecule has 0 saturated carbocycles. The molecule has 0 bridgehead atoms. The molecule has 0 saturated heterocycles. The molecule has 92 valence electrons. The molecular weight excluding hydrogens is 238 g/mol. The van der Waals surface area contributed by atoms with Gasteiger partial charge in [-0.05, 0) is 28.5 Å². The lowest BCUT2D eigenvalue weighted by atomic mass is 10.00. The van der Waals surface area contributed by atoms with Gasteiger partial charge in [-0.2, -0.15) is 0 Å². The first-order valence-electron chi connectivity index (χ1n) is 5.98. The Hall–Kier alpha value is -2.68. The monoisotopic (exact) mass is 249 g/mol. The van der Waals surface area contributed by atoms with Crippen LogP contribution in [0.15, 0.2) is 66.7 Å². The molecule has 0 heterocycles. The number of para-hydroxylation sites is 1. The first-order chi connectivity index (χ1) is 9.25. The van der Waals surface area contributed by atoms with Crippen molar-refractivity contribution in [3.8, 4) is 11.1 Å². The highest BCUT2D eigenvalue weighted by Crippen LogP contribution is 2.31. The molecular formula is C16H11NO2. The highest BCUT2D eigenvalue weighted by molar-refractivity contribution is 5.88. The number of benzene rings is 3. The Morgan fingerprint density at radius 1 is 0.789 bits per heavy atom. The van der Waals surface area contributed by atoms with E-state index < -0.39 is 0 Å². The summed E-state index contributed by atoms with van der Waals surface area (Å²) in [5.74, 6) is 0. The standard InChI is InChI=1S/C16H11NO2/c18-17(19)16-8-4-3-7-15(16)14-10-9-12-5-1-2-6-13(12)11-14/h1-11H. The van der Waals surface area contributed by atoms with Crippen LogP contribution < -0.4 is 0 Å². The lowest BCUT2D eigenvalue weighted by molar-refractivity contribution is -0.384. The van der Waals surface area contributed by atoms with Crippen molar-refractivity contribution in [3.05, 3.63) is 76.8 Å². The topological polar surface area (TPSA) is 43.1 Å². The lowest BCUT2D eigenvalue weighted by Gasteiger charge is -2.05. The minimum Gasteiger partial charge on any atom is -0.258 e. The summed E-state index contributed by atoms with van der Waals surface area (Å²) in [6.07, 6.45) is 0. The third-order valence-corrected chi connectivity index (χ3v) is 3.16. The Balaban J connectivity index is 2.22. The van der Waals surface area contributed by atoms with Crippen molar-refractivity contribution in [1.82, 2.24) is 0 Å². The second-order valence-electron chi connectivity index (χ2n) is 4.34. The third kappa shape index (κ3) is 2.06. The molecule has 0 atom stereocenters. The second kappa shape index (κ2) is 4.53. The van der Waals surface area contributed by atoms with Crippen LogP contribution in [0.5, 0.6) is 0 Å². The van der Waals surface area contributed by atoms with Gasteiger partial charge in [-0.15, -0.1) is 0 Å². The molecule has 0 aromatic heterocycles. The highest BCUT2D eigenvalue weighted by Gasteiger charge is 2.13. The molecule has 3 rings (SSSR count). The van der Waals surface area contributed by atoms with E-state index in [2.05, 4.69) is 0 Å². The van der Waals surface area contributed by atoms with E-state index in [1.54, 1.807) is 12.1 Å². The summed E-state index contributed by atoms with van der Waals surface area (Å²) in [4.78, 5) is 10.7. The van der Waals surface area contributed by atoms with Crippen LogP contribution in [0, 0.1) is 10.1 Å². The summed E-state index contributed by atoms with van der Waals surface area (Å²) in [6, 6.07) is 20.7. The maximum absolute atomic E-state index is 11.1. The molecule has 0 aliphatic heterocycles. The summed E-state index contributed by atoms with van der Waals surface area (Å²) in [6.45, 7) is 0. The first kappa shape index (κ1) is 11.4. The molecule has 3 aromatic carbocycles. The van der Waals surface area contributed by atoms with E-state index in [9.17, 15) is 10.1 Å². The zero-order valence-corrected chi connectivity index (χ0v) is 10.1. The summed E-state index contributed by atoms with van der Waals surface area (Å²) in [7, 11) is 0. The number of nitrogens with zero attached hydrogens (tertiary/aromatic N) is 1. The van der Waals surface area contributed by atoms with Crippen molar-refractivity contribution in [2.75, 3.05) is 0 Å². The minimum atomic E-state index is -0.343. The van der Waals surface area contributed by atoms with Gasteiger partial charge in [0.25, 0.3) is 5.69 Å². The van der Waals surface area contributed by atoms with Gasteiger partial charge in [0, 0.05) is 6.07 Å². The fourth-order valence-corrected chi connectivity index (χ4v) is 2.23. The molecule has 3 aromatic rings. The molecule has 0 fully saturated rings. The summed E-state index contributed by atoms with van der Waals surface area (Å²) in [5, 5.41) is 13.3. The van der Waals surface area contributed by atoms with Gasteiger partial charge in [0.2, 0.25) is 0 Å². The van der Waals surface area contributed by atoms with Crippen LogP contribution in [0.3, 0.4) is 0 Å². The van der Waals surface area contributed by atoms with Gasteiger partial charge >= 0.3 is 0 Å². The van der Waals surface area contributed by atoms with Crippen LogP contribution in [-0.4, -0.2) is 4.92 Å². The van der Waals surface area contributed by atoms with Gasteiger partial charge in [-0.3, -0.25) is 10.1 Å². The largest absolute Gasteiger partial charge is 0.277 e. The Kier molecular flexibility index (Phi) is 2.72. The zero-order chi connectivity index (χ0) is 13.2. The molecule has 19 heavy (non-hydrogen) atoms. The van der Waals surface area contributed by atoms with E-state index in [0.29, 0.717) is 5.56 Å². The van der Waals surface area contributed by atoms with Crippen molar-refractivity contribution < 1.29 is 4.92 Å². The number of fused-ring (bicyclic) bond motifs is 1. The van der Waals surface area contributed by atoms with E-state index in [1.165, 1.54) is 6.07 Å². The summed E-state index contributed by atoms with van der Waals surface area (Å²) in [5.41, 5.74) is 1.65. The zero-order valence-electron chi connectivity index (χ0n) is 10.1. The molecule has 0 aliphatic rings. The van der Waals surface area contributed by atoms with Gasteiger partial charge in [0.1, 0.15) is 0 Å². The molecule has 3 nitrogen and oxygen atoms in total. The van der Waals surface area contributed by atoms with Gasteiger partial charge in [0.15, 0.2) is 0 Å². The van der Waals surface area contributed by atoms with Gasteiger partial charge in [-0.1, -0.05) is 48.5 Å². The molecule has 3 heteroatoms. The van der Waals surface area contributed by atoms with Crippen LogP contribution in [0.1, 0.15) is 0 Å². The van der Waals surface area contributed by atoms with E-state index >= 15 is 0 Å². The first-order valence-corrected chi connectivity index (χ1v) is 5.98. The average Bonchev–Trinajstić information content (AvgIpc) is 2.46. The number of hydrogen-bond acceptors (Lipinski definition) is 2. The number of hydrogen-bond donors (Lipinski definition) is 0. The molecule has 0 amide bonds. The van der Waals surface area contributed by atoms with E-state index in [1.807, 2.05) is 48.5 Å². The maximum atomic E-state index is 11.1. The lowest BCUT2D eigenvalue weighted by Crippen LogP contribution is -1.91. The highest BCUT2D eigenvalue weighted by atomic mass is 16.6.